The maximum absolute atomic E-state index is 11.8. The Morgan fingerprint density at radius 1 is 1.60 bits per heavy atom. The summed E-state index contributed by atoms with van der Waals surface area (Å²) in [5.74, 6) is 1.14. The third kappa shape index (κ3) is 3.60. The van der Waals surface area contributed by atoms with Crippen LogP contribution in [0.15, 0.2) is 10.9 Å². The smallest absolute Gasteiger partial charge is 0.347 e. The number of nitrogens with one attached hydrogen (secondary N) is 1. The van der Waals surface area contributed by atoms with Gasteiger partial charge in [-0.25, -0.2) is 4.79 Å². The summed E-state index contributed by atoms with van der Waals surface area (Å²) in [7, 11) is 0. The summed E-state index contributed by atoms with van der Waals surface area (Å²) in [5, 5.41) is 0. The Morgan fingerprint density at radius 3 is 3.10 bits per heavy atom. The van der Waals surface area contributed by atoms with Crippen molar-refractivity contribution in [3.63, 3.8) is 0 Å². The van der Waals surface area contributed by atoms with Crippen LogP contribution in [0.2, 0.25) is 0 Å². The number of aromatic amines is 1. The van der Waals surface area contributed by atoms with E-state index >= 15 is 0 Å². The number of hydrogen-bond acceptors (Lipinski definition) is 4. The van der Waals surface area contributed by atoms with E-state index < -0.39 is 0 Å². The Bertz CT molecular complexity index is 486. The number of morpholine rings is 1. The van der Waals surface area contributed by atoms with E-state index in [-0.39, 0.29) is 11.7 Å². The summed E-state index contributed by atoms with van der Waals surface area (Å²) in [5.41, 5.74) is 0.742. The summed E-state index contributed by atoms with van der Waals surface area (Å²) >= 11 is 0. The highest BCUT2D eigenvalue weighted by Gasteiger charge is 2.21. The van der Waals surface area contributed by atoms with Crippen molar-refractivity contribution in [2.24, 2.45) is 0 Å². The Morgan fingerprint density at radius 2 is 2.40 bits per heavy atom. The van der Waals surface area contributed by atoms with Gasteiger partial charge in [-0.05, 0) is 19.3 Å². The third-order valence-electron chi connectivity index (χ3n) is 3.94. The number of aromatic nitrogens is 2. The molecule has 0 aromatic carbocycles. The fraction of sp³-hybridized carbons (Fsp3) is 0.733. The largest absolute Gasteiger partial charge is 0.377 e. The summed E-state index contributed by atoms with van der Waals surface area (Å²) in [6.07, 6.45) is 3.44. The van der Waals surface area contributed by atoms with Crippen molar-refractivity contribution in [2.75, 3.05) is 24.7 Å². The highest BCUT2D eigenvalue weighted by atomic mass is 16.5. The number of anilines is 1. The Kier molecular flexibility index (Phi) is 5.17. The predicted octanol–water partition coefficient (Wildman–Crippen LogP) is 2.29. The van der Waals surface area contributed by atoms with Crippen molar-refractivity contribution >= 4 is 5.82 Å². The highest BCUT2D eigenvalue weighted by Crippen LogP contribution is 2.23. The van der Waals surface area contributed by atoms with E-state index in [1.54, 1.807) is 0 Å². The van der Waals surface area contributed by atoms with Crippen LogP contribution in [0.1, 0.15) is 51.6 Å². The molecule has 5 heteroatoms. The molecule has 1 aliphatic heterocycles. The maximum atomic E-state index is 11.8. The van der Waals surface area contributed by atoms with E-state index in [9.17, 15) is 4.79 Å². The first-order chi connectivity index (χ1) is 9.61. The average Bonchev–Trinajstić information content (AvgIpc) is 2.44. The minimum absolute atomic E-state index is 0.250. The minimum atomic E-state index is -0.250. The summed E-state index contributed by atoms with van der Waals surface area (Å²) in [6, 6.07) is 2.29. The third-order valence-corrected chi connectivity index (χ3v) is 3.94. The van der Waals surface area contributed by atoms with Crippen LogP contribution in [0.4, 0.5) is 5.82 Å². The monoisotopic (exact) mass is 279 g/mol. The zero-order valence-corrected chi connectivity index (χ0v) is 12.7. The molecule has 0 aliphatic carbocycles. The van der Waals surface area contributed by atoms with Gasteiger partial charge in [0.15, 0.2) is 0 Å². The maximum Gasteiger partial charge on any atom is 0.347 e. The van der Waals surface area contributed by atoms with Gasteiger partial charge in [0.1, 0.15) is 5.82 Å². The molecule has 0 amide bonds. The van der Waals surface area contributed by atoms with E-state index in [1.165, 1.54) is 12.8 Å². The molecular formula is C15H25N3O2. The van der Waals surface area contributed by atoms with Gasteiger partial charge in [-0.2, -0.15) is 4.98 Å². The summed E-state index contributed by atoms with van der Waals surface area (Å²) in [6.45, 7) is 8.62. The Hall–Kier alpha value is -1.36. The van der Waals surface area contributed by atoms with Crippen LogP contribution >= 0.6 is 0 Å². The van der Waals surface area contributed by atoms with Crippen LogP contribution < -0.4 is 10.6 Å². The zero-order valence-electron chi connectivity index (χ0n) is 12.7. The highest BCUT2D eigenvalue weighted by molar-refractivity contribution is 5.41. The molecule has 2 atom stereocenters. The van der Waals surface area contributed by atoms with Gasteiger partial charge in [-0.3, -0.25) is 0 Å². The molecular weight excluding hydrogens is 254 g/mol. The molecule has 112 valence electrons. The first-order valence-corrected chi connectivity index (χ1v) is 7.57. The van der Waals surface area contributed by atoms with Gasteiger partial charge in [0, 0.05) is 18.3 Å². The number of H-pyrrole nitrogens is 1. The standard InChI is InChI=1S/C15H25N3O2/c1-4-5-6-11(2)13-9-14(17-15(19)16-13)18-7-8-20-10-12(18)3/h9,11-12H,4-8,10H2,1-3H3,(H,16,17,19)/t11?,12-/m1/s1. The van der Waals surface area contributed by atoms with Crippen LogP contribution in [0.5, 0.6) is 0 Å². The molecule has 5 nitrogen and oxygen atoms in total. The molecule has 2 rings (SSSR count). The van der Waals surface area contributed by atoms with E-state index in [2.05, 4.69) is 35.6 Å². The predicted molar refractivity (Wildman–Crippen MR) is 80.4 cm³/mol. The topological polar surface area (TPSA) is 58.2 Å². The van der Waals surface area contributed by atoms with Crippen molar-refractivity contribution in [3.8, 4) is 0 Å². The molecule has 0 radical (unpaired) electrons. The SMILES string of the molecule is CCCCC(C)c1cc(N2CCOC[C@H]2C)nc(=O)[nH]1. The summed E-state index contributed by atoms with van der Waals surface area (Å²) in [4.78, 5) is 21.0. The molecule has 1 aliphatic rings. The van der Waals surface area contributed by atoms with Crippen LogP contribution in [0.25, 0.3) is 0 Å². The van der Waals surface area contributed by atoms with Gasteiger partial charge in [0.2, 0.25) is 0 Å². The average molecular weight is 279 g/mol. The van der Waals surface area contributed by atoms with E-state index in [0.29, 0.717) is 19.1 Å². The lowest BCUT2D eigenvalue weighted by molar-refractivity contribution is 0.0985. The van der Waals surface area contributed by atoms with Gasteiger partial charge in [-0.1, -0.05) is 26.7 Å². The quantitative estimate of drug-likeness (QED) is 0.898. The van der Waals surface area contributed by atoms with Gasteiger partial charge < -0.3 is 14.6 Å². The molecule has 0 spiro atoms. The van der Waals surface area contributed by atoms with Crippen LogP contribution in [-0.2, 0) is 4.74 Å². The van der Waals surface area contributed by atoms with Crippen molar-refractivity contribution in [2.45, 2.75) is 52.0 Å². The van der Waals surface area contributed by atoms with E-state index in [0.717, 1.165) is 24.5 Å². The second-order valence-electron chi connectivity index (χ2n) is 5.66. The van der Waals surface area contributed by atoms with Gasteiger partial charge in [-0.15, -0.1) is 0 Å². The summed E-state index contributed by atoms with van der Waals surface area (Å²) < 4.78 is 5.44. The number of ether oxygens (including phenoxy) is 1. The van der Waals surface area contributed by atoms with Gasteiger partial charge in [0.05, 0.1) is 19.3 Å². The molecule has 20 heavy (non-hydrogen) atoms. The van der Waals surface area contributed by atoms with Crippen molar-refractivity contribution in [1.82, 2.24) is 9.97 Å². The molecule has 0 saturated carbocycles. The molecule has 1 unspecified atom stereocenters. The number of rotatable bonds is 5. The molecule has 1 N–H and O–H groups in total. The van der Waals surface area contributed by atoms with Crippen molar-refractivity contribution in [3.05, 3.63) is 22.2 Å². The van der Waals surface area contributed by atoms with Gasteiger partial charge in [0.25, 0.3) is 0 Å². The molecule has 1 saturated heterocycles. The molecule has 0 bridgehead atoms. The Labute approximate surface area is 120 Å². The molecule has 1 aromatic rings. The second kappa shape index (κ2) is 6.88. The van der Waals surface area contributed by atoms with Crippen LogP contribution in [0, 0.1) is 0 Å². The lowest BCUT2D eigenvalue weighted by atomic mass is 10.0. The van der Waals surface area contributed by atoms with Crippen molar-refractivity contribution < 1.29 is 4.74 Å². The number of nitrogens with zero attached hydrogens (tertiary/aromatic N) is 2. The fourth-order valence-electron chi connectivity index (χ4n) is 2.61. The molecule has 1 aromatic heterocycles. The minimum Gasteiger partial charge on any atom is -0.377 e. The van der Waals surface area contributed by atoms with Crippen LogP contribution in [0.3, 0.4) is 0 Å². The molecule has 2 heterocycles. The fourth-order valence-corrected chi connectivity index (χ4v) is 2.61. The Balaban J connectivity index is 2.21. The van der Waals surface area contributed by atoms with E-state index in [1.807, 2.05) is 6.07 Å². The number of unbranched alkanes of at least 4 members (excludes halogenated alkanes) is 1. The lowest BCUT2D eigenvalue weighted by Gasteiger charge is -2.34. The first kappa shape index (κ1) is 15.0. The zero-order chi connectivity index (χ0) is 14.5. The van der Waals surface area contributed by atoms with Crippen LogP contribution in [-0.4, -0.2) is 35.8 Å². The lowest BCUT2D eigenvalue weighted by Crippen LogP contribution is -2.44. The first-order valence-electron chi connectivity index (χ1n) is 7.57. The number of hydrogen-bond donors (Lipinski definition) is 1. The van der Waals surface area contributed by atoms with Gasteiger partial charge >= 0.3 is 5.69 Å². The second-order valence-corrected chi connectivity index (χ2v) is 5.66. The molecule has 1 fully saturated rings. The normalized spacial score (nSPS) is 20.9. The van der Waals surface area contributed by atoms with Crippen molar-refractivity contribution in [1.29, 1.82) is 0 Å². The van der Waals surface area contributed by atoms with E-state index in [4.69, 9.17) is 4.74 Å².